The first-order valence-electron chi connectivity index (χ1n) is 32.7. The van der Waals surface area contributed by atoms with Gasteiger partial charge in [-0.3, -0.25) is 9.80 Å². The summed E-state index contributed by atoms with van der Waals surface area (Å²) in [6, 6.07) is 3.91. The molecule has 0 spiro atoms. The van der Waals surface area contributed by atoms with Gasteiger partial charge in [0, 0.05) is 41.2 Å². The van der Waals surface area contributed by atoms with E-state index in [4.69, 9.17) is 4.74 Å². The molecular weight excluding hydrogens is 885 g/mol. The van der Waals surface area contributed by atoms with Gasteiger partial charge in [-0.2, -0.15) is 0 Å². The van der Waals surface area contributed by atoms with Crippen molar-refractivity contribution in [3.8, 4) is 0 Å². The molecule has 0 bridgehead atoms. The van der Waals surface area contributed by atoms with Crippen LogP contribution in [0.15, 0.2) is 84.1 Å². The summed E-state index contributed by atoms with van der Waals surface area (Å²) < 4.78 is 7.03. The number of nitrogens with zero attached hydrogens (tertiary/aromatic N) is 2. The van der Waals surface area contributed by atoms with Crippen LogP contribution in [-0.2, 0) is 4.74 Å². The van der Waals surface area contributed by atoms with Gasteiger partial charge < -0.3 is 4.74 Å². The minimum Gasteiger partial charge on any atom is -0.374 e. The number of ether oxygens (including phenoxy) is 1. The summed E-state index contributed by atoms with van der Waals surface area (Å²) in [4.78, 5) is 6.68. The zero-order valence-corrected chi connectivity index (χ0v) is 46.9. The summed E-state index contributed by atoms with van der Waals surface area (Å²) >= 11 is 0. The van der Waals surface area contributed by atoms with Gasteiger partial charge in [0.25, 0.3) is 0 Å². The van der Waals surface area contributed by atoms with Crippen molar-refractivity contribution in [2.75, 3.05) is 0 Å². The molecule has 7 fully saturated rings. The summed E-state index contributed by atoms with van der Waals surface area (Å²) in [6.45, 7) is 12.3. The molecule has 0 radical (unpaired) electrons. The van der Waals surface area contributed by atoms with Gasteiger partial charge in [-0.05, 0) is 251 Å². The Bertz CT molecular complexity index is 2160. The summed E-state index contributed by atoms with van der Waals surface area (Å²) in [5, 5.41) is 0. The van der Waals surface area contributed by atoms with Gasteiger partial charge in [0.2, 0.25) is 0 Å². The summed E-state index contributed by atoms with van der Waals surface area (Å²) in [6.07, 6.45) is 71.1. The van der Waals surface area contributed by atoms with E-state index in [1.165, 1.54) is 185 Å². The van der Waals surface area contributed by atoms with Crippen LogP contribution in [0.2, 0.25) is 0 Å². The van der Waals surface area contributed by atoms with Gasteiger partial charge in [0.15, 0.2) is 0 Å². The van der Waals surface area contributed by atoms with E-state index in [2.05, 4.69) is 97.9 Å². The number of hydrogen-bond acceptors (Lipinski definition) is 3. The van der Waals surface area contributed by atoms with E-state index in [0.29, 0.717) is 12.2 Å². The van der Waals surface area contributed by atoms with Gasteiger partial charge in [-0.15, -0.1) is 0 Å². The molecule has 1 saturated heterocycles. The molecule has 73 heavy (non-hydrogen) atoms. The molecular formula is C70H104N2O. The maximum absolute atomic E-state index is 7.03. The van der Waals surface area contributed by atoms with Crippen molar-refractivity contribution >= 4 is 0 Å². The second-order valence-corrected chi connectivity index (χ2v) is 28.8. The highest BCUT2D eigenvalue weighted by molar-refractivity contribution is 5.40. The van der Waals surface area contributed by atoms with Crippen LogP contribution in [-0.4, -0.2) is 57.8 Å². The molecule has 6 saturated carbocycles. The molecule has 1 heterocycles. The summed E-state index contributed by atoms with van der Waals surface area (Å²) in [5.41, 5.74) is 5.82. The highest BCUT2D eigenvalue weighted by atomic mass is 16.5. The van der Waals surface area contributed by atoms with Crippen LogP contribution in [0.4, 0.5) is 0 Å². The fourth-order valence-electron chi connectivity index (χ4n) is 22.6. The molecule has 0 aromatic carbocycles. The fourth-order valence-corrected chi connectivity index (χ4v) is 22.6. The van der Waals surface area contributed by atoms with Crippen LogP contribution in [0.25, 0.3) is 0 Å². The Morgan fingerprint density at radius 3 is 2.23 bits per heavy atom. The minimum atomic E-state index is 0.269. The van der Waals surface area contributed by atoms with E-state index < -0.39 is 0 Å². The maximum Gasteiger partial charge on any atom is 0.0616 e. The van der Waals surface area contributed by atoms with Crippen LogP contribution in [0.5, 0.6) is 0 Å². The number of likely N-dealkylation sites (tertiary alicyclic amines) is 1. The lowest BCUT2D eigenvalue weighted by Crippen LogP contribution is -2.60. The zero-order chi connectivity index (χ0) is 49.3. The average molecular weight is 990 g/mol. The molecule has 20 unspecified atom stereocenters. The molecule has 13 rings (SSSR count). The van der Waals surface area contributed by atoms with Crippen LogP contribution in [0, 0.1) is 76.4 Å². The Kier molecular flexibility index (Phi) is 14.8. The predicted octanol–water partition coefficient (Wildman–Crippen LogP) is 17.7. The van der Waals surface area contributed by atoms with E-state index >= 15 is 0 Å². The third kappa shape index (κ3) is 9.08. The Morgan fingerprint density at radius 1 is 0.575 bits per heavy atom. The normalized spacial score (nSPS) is 48.9. The highest BCUT2D eigenvalue weighted by Crippen LogP contribution is 2.70. The topological polar surface area (TPSA) is 15.7 Å². The third-order valence-electron chi connectivity index (χ3n) is 25.5. The Balaban J connectivity index is 0.795. The maximum atomic E-state index is 7.03. The van der Waals surface area contributed by atoms with E-state index in [1.54, 1.807) is 0 Å². The third-order valence-corrected chi connectivity index (χ3v) is 25.5. The largest absolute Gasteiger partial charge is 0.374 e. The number of hydrogen-bond donors (Lipinski definition) is 0. The monoisotopic (exact) mass is 989 g/mol. The lowest BCUT2D eigenvalue weighted by atomic mass is 9.54. The SMILES string of the molecule is C=CC1=CC[C@@H](OC2CC=C(C3(C4=CCCCC4)C4CCC=CC4C4CCC(N(C5CC(C)C(C6CCC7C(C6)C6CC=CCC6N7C6(C)C=CCCC6)CC5C)C5CCCC6CCCCC65)CC43)CC2)CC1. The van der Waals surface area contributed by atoms with Crippen molar-refractivity contribution < 1.29 is 4.74 Å². The van der Waals surface area contributed by atoms with Crippen molar-refractivity contribution in [1.29, 1.82) is 0 Å². The Morgan fingerprint density at radius 2 is 1.42 bits per heavy atom. The molecule has 0 aromatic rings. The van der Waals surface area contributed by atoms with E-state index in [9.17, 15) is 0 Å². The molecule has 0 N–H and O–H groups in total. The molecule has 12 aliphatic carbocycles. The first-order chi connectivity index (χ1) is 35.8. The molecule has 3 nitrogen and oxygen atoms in total. The van der Waals surface area contributed by atoms with E-state index in [-0.39, 0.29) is 11.0 Å². The average Bonchev–Trinajstić information content (AvgIpc) is 3.94. The molecule has 0 amide bonds. The molecule has 1 aliphatic heterocycles. The van der Waals surface area contributed by atoms with Crippen LogP contribution in [0.3, 0.4) is 0 Å². The van der Waals surface area contributed by atoms with Crippen molar-refractivity contribution in [3.05, 3.63) is 84.1 Å². The lowest BCUT2D eigenvalue weighted by molar-refractivity contribution is -0.0795. The molecule has 21 atom stereocenters. The summed E-state index contributed by atoms with van der Waals surface area (Å²) in [5.74, 6) is 10.4. The Labute approximate surface area is 447 Å². The van der Waals surface area contributed by atoms with E-state index in [0.717, 1.165) is 127 Å². The second kappa shape index (κ2) is 21.4. The molecule has 0 aromatic heterocycles. The lowest BCUT2D eigenvalue weighted by Gasteiger charge is -2.58. The first kappa shape index (κ1) is 50.6. The number of rotatable bonds is 10. The quantitative estimate of drug-likeness (QED) is 0.203. The number of allylic oxidation sites excluding steroid dienone is 9. The van der Waals surface area contributed by atoms with Crippen LogP contribution < -0.4 is 0 Å². The van der Waals surface area contributed by atoms with Gasteiger partial charge in [-0.1, -0.05) is 130 Å². The van der Waals surface area contributed by atoms with Gasteiger partial charge in [-0.25, -0.2) is 0 Å². The van der Waals surface area contributed by atoms with Gasteiger partial charge >= 0.3 is 0 Å². The fraction of sp³-hybridized carbons (Fsp3) is 0.800. The molecule has 13 aliphatic rings. The van der Waals surface area contributed by atoms with Crippen LogP contribution >= 0.6 is 0 Å². The van der Waals surface area contributed by atoms with Gasteiger partial charge in [0.05, 0.1) is 12.2 Å². The predicted molar refractivity (Wildman–Crippen MR) is 305 cm³/mol. The standard InChI is InChI=1S/C70H104N2O/c1-5-49-29-35-55(36-30-49)73-56-37-32-53(33-38-56)70(52-21-8-6-9-22-52)63-26-14-12-24-58(63)59-39-34-54(46-64(59)70)71(65-28-18-20-50-19-10-11-23-57(50)65)68-44-47(2)61(43-48(68)3)51-31-40-67-62(45-51)60-25-13-15-27-66(60)72(67)69(4)41-16-7-17-42-69/h5,12-13,15-16,21,24,29,32,41,47-48,50-51,54-68H,1,6-11,14,17-20,22-23,25-28,30-31,33-40,42-46H2,2-4H3/t47?,48?,50?,51?,54?,55-,56?,57?,58?,59?,60?,61?,62?,63?,64?,65?,66?,67?,68?,69?,70?/m1/s1. The minimum absolute atomic E-state index is 0.269. The van der Waals surface area contributed by atoms with Crippen molar-refractivity contribution in [1.82, 2.24) is 9.80 Å². The Hall–Kier alpha value is -1.94. The first-order valence-corrected chi connectivity index (χ1v) is 32.7. The van der Waals surface area contributed by atoms with Gasteiger partial charge in [0.1, 0.15) is 0 Å². The smallest absolute Gasteiger partial charge is 0.0616 e. The van der Waals surface area contributed by atoms with Crippen molar-refractivity contribution in [2.24, 2.45) is 76.4 Å². The second-order valence-electron chi connectivity index (χ2n) is 28.8. The van der Waals surface area contributed by atoms with Crippen LogP contribution in [0.1, 0.15) is 226 Å². The number of fused-ring (bicyclic) bond motifs is 7. The van der Waals surface area contributed by atoms with Crippen molar-refractivity contribution in [2.45, 2.75) is 274 Å². The molecule has 3 heteroatoms. The zero-order valence-electron chi connectivity index (χ0n) is 46.9. The molecule has 400 valence electrons. The van der Waals surface area contributed by atoms with E-state index in [1.807, 2.05) is 11.1 Å². The highest BCUT2D eigenvalue weighted by Gasteiger charge is 2.64. The summed E-state index contributed by atoms with van der Waals surface area (Å²) in [7, 11) is 0. The van der Waals surface area contributed by atoms with Crippen molar-refractivity contribution in [3.63, 3.8) is 0 Å².